The van der Waals surface area contributed by atoms with Crippen molar-refractivity contribution in [1.82, 2.24) is 0 Å². The summed E-state index contributed by atoms with van der Waals surface area (Å²) in [5.41, 5.74) is 0. The van der Waals surface area contributed by atoms with Gasteiger partial charge >= 0.3 is 0 Å². The van der Waals surface area contributed by atoms with Crippen LogP contribution in [0, 0.1) is 0 Å². The maximum atomic E-state index is 9.86. The first kappa shape index (κ1) is 7.71. The summed E-state index contributed by atoms with van der Waals surface area (Å²) in [5.74, 6) is -1.42. The summed E-state index contributed by atoms with van der Waals surface area (Å²) in [6.45, 7) is 0. The van der Waals surface area contributed by atoms with E-state index >= 15 is 0 Å². The lowest BCUT2D eigenvalue weighted by molar-refractivity contribution is -0.257. The number of hydrogen-bond donors (Lipinski definition) is 0. The maximum Gasteiger partial charge on any atom is 0.149 e. The average molecular weight is 129 g/mol. The van der Waals surface area contributed by atoms with Crippen molar-refractivity contribution in [1.29, 1.82) is 0 Å². The van der Waals surface area contributed by atoms with E-state index in [1.807, 2.05) is 0 Å². The van der Waals surface area contributed by atoms with Crippen LogP contribution >= 0.6 is 0 Å². The van der Waals surface area contributed by atoms with Crippen LogP contribution in [-0.2, 0) is 0 Å². The third-order valence-electron chi connectivity index (χ3n) is 0.722. The molecule has 0 aliphatic carbocycles. The molecule has 1 heterocycles. The van der Waals surface area contributed by atoms with Crippen LogP contribution in [0.3, 0.4) is 0 Å². The third kappa shape index (κ3) is 1.58. The third-order valence-corrected chi connectivity index (χ3v) is 0.722. The largest absolute Gasteiger partial charge is 0.542 e. The molecule has 4 heteroatoms. The Morgan fingerprint density at radius 2 is 2.33 bits per heavy atom. The standard InChI is InChI=1S/C5H4O3.H2O/c6-5(7)4-2-1-3-8-4;/h1-3H,(H,6,7);1H2/p-1. The second kappa shape index (κ2) is 2.88. The van der Waals surface area contributed by atoms with Gasteiger partial charge in [-0.1, -0.05) is 0 Å². The zero-order valence-electron chi connectivity index (χ0n) is 4.46. The van der Waals surface area contributed by atoms with Gasteiger partial charge in [0.25, 0.3) is 0 Å². The second-order valence-corrected chi connectivity index (χ2v) is 1.26. The van der Waals surface area contributed by atoms with Crippen molar-refractivity contribution in [2.75, 3.05) is 0 Å². The molecule has 1 aromatic heterocycles. The van der Waals surface area contributed by atoms with Gasteiger partial charge in [0.15, 0.2) is 0 Å². The summed E-state index contributed by atoms with van der Waals surface area (Å²) >= 11 is 0. The molecule has 0 atom stereocenters. The Morgan fingerprint density at radius 1 is 1.67 bits per heavy atom. The Balaban J connectivity index is 0.000000640. The van der Waals surface area contributed by atoms with Gasteiger partial charge < -0.3 is 19.8 Å². The minimum atomic E-state index is -1.28. The first-order chi connectivity index (χ1) is 3.80. The van der Waals surface area contributed by atoms with E-state index in [1.165, 1.54) is 18.4 Å². The highest BCUT2D eigenvalue weighted by molar-refractivity contribution is 5.82. The van der Waals surface area contributed by atoms with Crippen molar-refractivity contribution in [3.8, 4) is 0 Å². The van der Waals surface area contributed by atoms with Crippen molar-refractivity contribution in [3.05, 3.63) is 24.2 Å². The average Bonchev–Trinajstić information content (AvgIpc) is 2.12. The van der Waals surface area contributed by atoms with E-state index in [0.29, 0.717) is 0 Å². The molecule has 4 nitrogen and oxygen atoms in total. The number of hydrogen-bond acceptors (Lipinski definition) is 3. The lowest BCUT2D eigenvalue weighted by Gasteiger charge is -1.91. The highest BCUT2D eigenvalue weighted by Crippen LogP contribution is 1.95. The topological polar surface area (TPSA) is 84.8 Å². The maximum absolute atomic E-state index is 9.86. The van der Waals surface area contributed by atoms with Crippen LogP contribution in [0.25, 0.3) is 0 Å². The van der Waals surface area contributed by atoms with Crippen molar-refractivity contribution < 1.29 is 19.8 Å². The Bertz CT molecular complexity index is 177. The summed E-state index contributed by atoms with van der Waals surface area (Å²) < 4.78 is 4.43. The van der Waals surface area contributed by atoms with Gasteiger partial charge in [0.1, 0.15) is 11.7 Å². The summed E-state index contributed by atoms with van der Waals surface area (Å²) in [6.07, 6.45) is 1.28. The van der Waals surface area contributed by atoms with E-state index in [-0.39, 0.29) is 11.2 Å². The molecule has 1 rings (SSSR count). The number of aromatic carboxylic acids is 1. The molecule has 0 unspecified atom stereocenters. The van der Waals surface area contributed by atoms with E-state index in [1.54, 1.807) is 0 Å². The smallest absolute Gasteiger partial charge is 0.149 e. The van der Waals surface area contributed by atoms with E-state index in [4.69, 9.17) is 0 Å². The summed E-state index contributed by atoms with van der Waals surface area (Å²) in [6, 6.07) is 2.82. The fraction of sp³-hybridized carbons (Fsp3) is 0. The molecule has 2 N–H and O–H groups in total. The fourth-order valence-corrected chi connectivity index (χ4v) is 0.395. The highest BCUT2D eigenvalue weighted by Gasteiger charge is 1.90. The van der Waals surface area contributed by atoms with E-state index in [0.717, 1.165) is 0 Å². The van der Waals surface area contributed by atoms with Gasteiger partial charge in [-0.2, -0.15) is 0 Å². The van der Waals surface area contributed by atoms with Crippen LogP contribution < -0.4 is 5.11 Å². The second-order valence-electron chi connectivity index (χ2n) is 1.26. The minimum absolute atomic E-state index is 0. The molecule has 1 aromatic rings. The summed E-state index contributed by atoms with van der Waals surface area (Å²) in [7, 11) is 0. The molecule has 0 spiro atoms. The number of carbonyl (C=O) groups excluding carboxylic acids is 1. The zero-order chi connectivity index (χ0) is 5.98. The van der Waals surface area contributed by atoms with Gasteiger partial charge in [-0.05, 0) is 12.1 Å². The zero-order valence-corrected chi connectivity index (χ0v) is 4.46. The fourth-order valence-electron chi connectivity index (χ4n) is 0.395. The number of furan rings is 1. The van der Waals surface area contributed by atoms with Crippen LogP contribution in [0.2, 0.25) is 0 Å². The van der Waals surface area contributed by atoms with E-state index < -0.39 is 5.97 Å². The first-order valence-corrected chi connectivity index (χ1v) is 2.05. The van der Waals surface area contributed by atoms with Crippen molar-refractivity contribution in [3.63, 3.8) is 0 Å². The van der Waals surface area contributed by atoms with Crippen molar-refractivity contribution in [2.24, 2.45) is 0 Å². The molecule has 50 valence electrons. The molecule has 0 saturated heterocycles. The lowest BCUT2D eigenvalue weighted by Crippen LogP contribution is -2.21. The van der Waals surface area contributed by atoms with Crippen LogP contribution in [0.4, 0.5) is 0 Å². The van der Waals surface area contributed by atoms with Crippen molar-refractivity contribution in [2.45, 2.75) is 0 Å². The molecule has 0 aliphatic heterocycles. The predicted octanol–water partition coefficient (Wildman–Crippen LogP) is -1.18. The first-order valence-electron chi connectivity index (χ1n) is 2.05. The summed E-state index contributed by atoms with van der Waals surface area (Å²) in [4.78, 5) is 9.86. The minimum Gasteiger partial charge on any atom is -0.542 e. The monoisotopic (exact) mass is 129 g/mol. The van der Waals surface area contributed by atoms with Gasteiger partial charge in [-0.25, -0.2) is 0 Å². The molecule has 0 aliphatic rings. The normalized spacial score (nSPS) is 8.00. The lowest BCUT2D eigenvalue weighted by atomic mass is 10.5. The Morgan fingerprint density at radius 3 is 2.56 bits per heavy atom. The molecule has 0 aromatic carbocycles. The number of carbonyl (C=O) groups is 1. The van der Waals surface area contributed by atoms with Gasteiger partial charge in [-0.15, -0.1) is 0 Å². The molecule has 0 radical (unpaired) electrons. The molecule has 0 fully saturated rings. The Labute approximate surface area is 51.0 Å². The van der Waals surface area contributed by atoms with E-state index in [9.17, 15) is 9.90 Å². The van der Waals surface area contributed by atoms with Crippen LogP contribution in [0.15, 0.2) is 22.8 Å². The molecular weight excluding hydrogens is 124 g/mol. The molecular formula is C5H5O4-. The molecule has 0 saturated carbocycles. The van der Waals surface area contributed by atoms with Gasteiger partial charge in [0.05, 0.1) is 6.26 Å². The van der Waals surface area contributed by atoms with Crippen molar-refractivity contribution >= 4 is 5.97 Å². The van der Waals surface area contributed by atoms with Gasteiger partial charge in [0.2, 0.25) is 0 Å². The Hall–Kier alpha value is -1.29. The van der Waals surface area contributed by atoms with Gasteiger partial charge in [-0.3, -0.25) is 0 Å². The van der Waals surface area contributed by atoms with Crippen LogP contribution in [0.5, 0.6) is 0 Å². The number of rotatable bonds is 1. The highest BCUT2D eigenvalue weighted by atomic mass is 16.4. The van der Waals surface area contributed by atoms with Gasteiger partial charge in [0, 0.05) is 0 Å². The quantitative estimate of drug-likeness (QED) is 0.478. The summed E-state index contributed by atoms with van der Waals surface area (Å²) in [5, 5.41) is 9.86. The SMILES string of the molecule is O.O=C([O-])c1ccco1. The molecule has 0 amide bonds. The number of carboxylic acids is 1. The number of carboxylic acid groups (broad SMARTS) is 1. The molecule has 9 heavy (non-hydrogen) atoms. The van der Waals surface area contributed by atoms with Crippen LogP contribution in [-0.4, -0.2) is 11.4 Å². The Kier molecular flexibility index (Phi) is 2.47. The predicted molar refractivity (Wildman–Crippen MR) is 26.7 cm³/mol. The van der Waals surface area contributed by atoms with Crippen LogP contribution in [0.1, 0.15) is 10.6 Å². The van der Waals surface area contributed by atoms with E-state index in [2.05, 4.69) is 4.42 Å². The molecule has 0 bridgehead atoms.